The molecule has 0 aromatic heterocycles. The van der Waals surface area contributed by atoms with Crippen LogP contribution in [0.3, 0.4) is 0 Å². The number of anilines is 2. The van der Waals surface area contributed by atoms with Crippen molar-refractivity contribution in [3.8, 4) is 0 Å². The summed E-state index contributed by atoms with van der Waals surface area (Å²) in [4.78, 5) is 14.9. The van der Waals surface area contributed by atoms with Crippen LogP contribution in [0.25, 0.3) is 0 Å². The van der Waals surface area contributed by atoms with Crippen molar-refractivity contribution in [2.45, 2.75) is 0 Å². The molecule has 0 spiro atoms. The van der Waals surface area contributed by atoms with Gasteiger partial charge in [-0.05, 0) is 12.1 Å². The summed E-state index contributed by atoms with van der Waals surface area (Å²) in [5, 5.41) is 0. The number of aldehydes is 1. The smallest absolute Gasteiger partial charge is 0.154 e. The Kier molecular flexibility index (Phi) is 3.12. The predicted octanol–water partition coefficient (Wildman–Crippen LogP) is 1.63. The Morgan fingerprint density at radius 1 is 1.00 bits per heavy atom. The topological polar surface area (TPSA) is 23.6 Å². The predicted molar refractivity (Wildman–Crippen MR) is 60.5 cm³/mol. The van der Waals surface area contributed by atoms with Gasteiger partial charge in [0.05, 0.1) is 5.56 Å². The van der Waals surface area contributed by atoms with Crippen LogP contribution in [0.15, 0.2) is 18.2 Å². The molecule has 14 heavy (non-hydrogen) atoms. The molecule has 0 saturated carbocycles. The van der Waals surface area contributed by atoms with Crippen molar-refractivity contribution >= 4 is 17.7 Å². The fourth-order valence-corrected chi connectivity index (χ4v) is 1.44. The lowest BCUT2D eigenvalue weighted by molar-refractivity contribution is 0.112. The van der Waals surface area contributed by atoms with Crippen LogP contribution >= 0.6 is 0 Å². The molecular formula is C11H16N2O. The van der Waals surface area contributed by atoms with Crippen molar-refractivity contribution in [3.63, 3.8) is 0 Å². The second-order valence-electron chi connectivity index (χ2n) is 3.62. The molecule has 0 aliphatic carbocycles. The first-order valence-corrected chi connectivity index (χ1v) is 4.50. The van der Waals surface area contributed by atoms with Crippen molar-refractivity contribution < 1.29 is 4.79 Å². The van der Waals surface area contributed by atoms with Crippen LogP contribution in [0.5, 0.6) is 0 Å². The lowest BCUT2D eigenvalue weighted by Gasteiger charge is -2.21. The minimum atomic E-state index is 0.738. The Labute approximate surface area is 84.9 Å². The Bertz CT molecular complexity index is 306. The molecule has 3 nitrogen and oxygen atoms in total. The molecule has 0 bridgehead atoms. The third-order valence-corrected chi connectivity index (χ3v) is 2.14. The fourth-order valence-electron chi connectivity index (χ4n) is 1.44. The van der Waals surface area contributed by atoms with Crippen molar-refractivity contribution in [3.05, 3.63) is 23.8 Å². The second-order valence-corrected chi connectivity index (χ2v) is 3.62. The highest BCUT2D eigenvalue weighted by molar-refractivity contribution is 5.92. The number of carbonyl (C=O) groups is 1. The molecule has 0 fully saturated rings. The Morgan fingerprint density at radius 2 is 1.43 bits per heavy atom. The van der Waals surface area contributed by atoms with E-state index in [0.29, 0.717) is 0 Å². The molecular weight excluding hydrogens is 176 g/mol. The minimum Gasteiger partial charge on any atom is -0.377 e. The summed E-state index contributed by atoms with van der Waals surface area (Å²) < 4.78 is 0. The van der Waals surface area contributed by atoms with Crippen molar-refractivity contribution in [2.75, 3.05) is 38.0 Å². The van der Waals surface area contributed by atoms with Crippen LogP contribution in [0.4, 0.5) is 11.4 Å². The fraction of sp³-hybridized carbons (Fsp3) is 0.364. The normalized spacial score (nSPS) is 9.71. The Hall–Kier alpha value is -1.51. The van der Waals surface area contributed by atoms with Gasteiger partial charge >= 0.3 is 0 Å². The number of hydrogen-bond donors (Lipinski definition) is 0. The molecule has 0 aliphatic rings. The first kappa shape index (κ1) is 10.6. The van der Waals surface area contributed by atoms with Crippen LogP contribution < -0.4 is 9.80 Å². The lowest BCUT2D eigenvalue weighted by Crippen LogP contribution is -2.16. The summed E-state index contributed by atoms with van der Waals surface area (Å²) in [7, 11) is 7.73. The molecule has 3 heteroatoms. The van der Waals surface area contributed by atoms with E-state index in [1.807, 2.05) is 56.2 Å². The van der Waals surface area contributed by atoms with E-state index in [0.717, 1.165) is 23.2 Å². The van der Waals surface area contributed by atoms with E-state index in [1.165, 1.54) is 0 Å². The molecule has 76 valence electrons. The summed E-state index contributed by atoms with van der Waals surface area (Å²) in [6.07, 6.45) is 0.907. The molecule has 0 amide bonds. The molecule has 0 unspecified atom stereocenters. The van der Waals surface area contributed by atoms with E-state index in [2.05, 4.69) is 0 Å². The van der Waals surface area contributed by atoms with Crippen LogP contribution in [-0.4, -0.2) is 34.5 Å². The molecule has 1 aromatic rings. The molecule has 0 radical (unpaired) electrons. The number of benzene rings is 1. The largest absolute Gasteiger partial charge is 0.377 e. The maximum Gasteiger partial charge on any atom is 0.154 e. The van der Waals surface area contributed by atoms with Crippen LogP contribution in [0.1, 0.15) is 10.4 Å². The van der Waals surface area contributed by atoms with Gasteiger partial charge in [-0.2, -0.15) is 0 Å². The Balaban J connectivity index is 3.32. The molecule has 0 aliphatic heterocycles. The molecule has 1 rings (SSSR count). The molecule has 0 atom stereocenters. The third-order valence-electron chi connectivity index (χ3n) is 2.14. The van der Waals surface area contributed by atoms with Crippen LogP contribution in [-0.2, 0) is 0 Å². The van der Waals surface area contributed by atoms with Gasteiger partial charge in [-0.25, -0.2) is 0 Å². The van der Waals surface area contributed by atoms with Crippen LogP contribution in [0, 0.1) is 0 Å². The quantitative estimate of drug-likeness (QED) is 0.680. The van der Waals surface area contributed by atoms with Gasteiger partial charge in [0.15, 0.2) is 6.29 Å². The average Bonchev–Trinajstić information content (AvgIpc) is 2.16. The van der Waals surface area contributed by atoms with Gasteiger partial charge < -0.3 is 9.80 Å². The summed E-state index contributed by atoms with van der Waals surface area (Å²) in [5.41, 5.74) is 2.64. The molecule has 0 saturated heterocycles. The summed E-state index contributed by atoms with van der Waals surface area (Å²) in [5.74, 6) is 0. The maximum atomic E-state index is 11.0. The zero-order valence-electron chi connectivity index (χ0n) is 9.11. The van der Waals surface area contributed by atoms with Crippen molar-refractivity contribution in [1.82, 2.24) is 0 Å². The van der Waals surface area contributed by atoms with Gasteiger partial charge in [0, 0.05) is 39.6 Å². The average molecular weight is 192 g/mol. The zero-order valence-corrected chi connectivity index (χ0v) is 9.11. The molecule has 0 heterocycles. The van der Waals surface area contributed by atoms with E-state index < -0.39 is 0 Å². The standard InChI is InChI=1S/C11H16N2O/c1-12(2)10-6-5-7-11(13(3)4)9(10)8-14/h5-8H,1-4H3. The highest BCUT2D eigenvalue weighted by atomic mass is 16.1. The van der Waals surface area contributed by atoms with E-state index in [1.54, 1.807) is 0 Å². The van der Waals surface area contributed by atoms with Gasteiger partial charge in [-0.3, -0.25) is 4.79 Å². The van der Waals surface area contributed by atoms with Gasteiger partial charge in [0.1, 0.15) is 0 Å². The number of rotatable bonds is 3. The highest BCUT2D eigenvalue weighted by Gasteiger charge is 2.09. The second kappa shape index (κ2) is 4.13. The van der Waals surface area contributed by atoms with Crippen molar-refractivity contribution in [2.24, 2.45) is 0 Å². The SMILES string of the molecule is CN(C)c1cccc(N(C)C)c1C=O. The minimum absolute atomic E-state index is 0.738. The first-order valence-electron chi connectivity index (χ1n) is 4.50. The zero-order chi connectivity index (χ0) is 10.7. The van der Waals surface area contributed by atoms with E-state index in [-0.39, 0.29) is 0 Å². The molecule has 0 N–H and O–H groups in total. The van der Waals surface area contributed by atoms with Gasteiger partial charge in [0.25, 0.3) is 0 Å². The Morgan fingerprint density at radius 3 is 1.71 bits per heavy atom. The van der Waals surface area contributed by atoms with Crippen molar-refractivity contribution in [1.29, 1.82) is 0 Å². The first-order chi connectivity index (χ1) is 6.57. The highest BCUT2D eigenvalue weighted by Crippen LogP contribution is 2.26. The summed E-state index contributed by atoms with van der Waals surface area (Å²) >= 11 is 0. The van der Waals surface area contributed by atoms with E-state index in [9.17, 15) is 4.79 Å². The lowest BCUT2D eigenvalue weighted by atomic mass is 10.1. The summed E-state index contributed by atoms with van der Waals surface area (Å²) in [6, 6.07) is 5.84. The third kappa shape index (κ3) is 1.87. The summed E-state index contributed by atoms with van der Waals surface area (Å²) in [6.45, 7) is 0. The molecule has 1 aromatic carbocycles. The van der Waals surface area contributed by atoms with Crippen LogP contribution in [0.2, 0.25) is 0 Å². The monoisotopic (exact) mass is 192 g/mol. The van der Waals surface area contributed by atoms with E-state index >= 15 is 0 Å². The van der Waals surface area contributed by atoms with Gasteiger partial charge in [0.2, 0.25) is 0 Å². The number of hydrogen-bond acceptors (Lipinski definition) is 3. The number of carbonyl (C=O) groups excluding carboxylic acids is 1. The van der Waals surface area contributed by atoms with Gasteiger partial charge in [-0.1, -0.05) is 6.07 Å². The maximum absolute atomic E-state index is 11.0. The van der Waals surface area contributed by atoms with E-state index in [4.69, 9.17) is 0 Å². The number of nitrogens with zero attached hydrogens (tertiary/aromatic N) is 2. The van der Waals surface area contributed by atoms with Gasteiger partial charge in [-0.15, -0.1) is 0 Å².